The normalized spacial score (nSPS) is 10.3. The van der Waals surface area contributed by atoms with E-state index >= 15 is 0 Å². The first kappa shape index (κ1) is 15.9. The lowest BCUT2D eigenvalue weighted by molar-refractivity contribution is -0.121. The lowest BCUT2D eigenvalue weighted by atomic mass is 10.2. The Balaban J connectivity index is 1.84. The molecule has 0 saturated heterocycles. The van der Waals surface area contributed by atoms with Gasteiger partial charge in [0.05, 0.1) is 13.7 Å². The van der Waals surface area contributed by atoms with Gasteiger partial charge < -0.3 is 20.5 Å². The number of benzene rings is 2. The number of hydrogen-bond acceptors (Lipinski definition) is 4. The molecule has 0 aliphatic heterocycles. The van der Waals surface area contributed by atoms with Crippen molar-refractivity contribution < 1.29 is 14.3 Å². The van der Waals surface area contributed by atoms with E-state index in [-0.39, 0.29) is 12.5 Å². The Kier molecular flexibility index (Phi) is 5.38. The standard InChI is InChI=1S/C17H20N2O3/c1-12-6-7-14(18)9-16(12)19-17(20)11-22-10-13-4-3-5-15(8-13)21-2/h3-9H,10-11,18H2,1-2H3,(H,19,20). The highest BCUT2D eigenvalue weighted by Gasteiger charge is 2.06. The third-order valence-electron chi connectivity index (χ3n) is 3.17. The first-order chi connectivity index (χ1) is 10.6. The van der Waals surface area contributed by atoms with Gasteiger partial charge in [0, 0.05) is 11.4 Å². The predicted octanol–water partition coefficient (Wildman–Crippen LogP) is 2.74. The van der Waals surface area contributed by atoms with E-state index < -0.39 is 0 Å². The smallest absolute Gasteiger partial charge is 0.250 e. The fourth-order valence-electron chi connectivity index (χ4n) is 1.98. The van der Waals surface area contributed by atoms with Crippen LogP contribution >= 0.6 is 0 Å². The molecule has 0 saturated carbocycles. The molecule has 5 nitrogen and oxygen atoms in total. The summed E-state index contributed by atoms with van der Waals surface area (Å²) in [5, 5.41) is 2.79. The van der Waals surface area contributed by atoms with Crippen molar-refractivity contribution in [3.05, 3.63) is 53.6 Å². The molecule has 0 atom stereocenters. The number of hydrogen-bond donors (Lipinski definition) is 2. The minimum absolute atomic E-state index is 0.0224. The molecular weight excluding hydrogens is 280 g/mol. The van der Waals surface area contributed by atoms with Crippen LogP contribution in [0.15, 0.2) is 42.5 Å². The van der Waals surface area contributed by atoms with Crippen LogP contribution in [0.4, 0.5) is 11.4 Å². The number of amides is 1. The van der Waals surface area contributed by atoms with Crippen LogP contribution in [-0.2, 0) is 16.1 Å². The third kappa shape index (κ3) is 4.49. The van der Waals surface area contributed by atoms with E-state index in [1.165, 1.54) is 0 Å². The van der Waals surface area contributed by atoms with Gasteiger partial charge in [-0.05, 0) is 42.3 Å². The van der Waals surface area contributed by atoms with Crippen molar-refractivity contribution in [1.82, 2.24) is 0 Å². The van der Waals surface area contributed by atoms with Crippen LogP contribution in [0, 0.1) is 6.92 Å². The SMILES string of the molecule is COc1cccc(COCC(=O)Nc2cc(N)ccc2C)c1. The first-order valence-corrected chi connectivity index (χ1v) is 6.95. The molecule has 0 aliphatic rings. The van der Waals surface area contributed by atoms with Gasteiger partial charge in [-0.25, -0.2) is 0 Å². The van der Waals surface area contributed by atoms with Crippen LogP contribution in [0.2, 0.25) is 0 Å². The highest BCUT2D eigenvalue weighted by atomic mass is 16.5. The summed E-state index contributed by atoms with van der Waals surface area (Å²) in [6, 6.07) is 12.9. The van der Waals surface area contributed by atoms with Crippen LogP contribution < -0.4 is 15.8 Å². The molecule has 0 radical (unpaired) electrons. The fraction of sp³-hybridized carbons (Fsp3) is 0.235. The van der Waals surface area contributed by atoms with Gasteiger partial charge in [0.15, 0.2) is 0 Å². The van der Waals surface area contributed by atoms with Crippen LogP contribution in [0.5, 0.6) is 5.75 Å². The Morgan fingerprint density at radius 3 is 2.82 bits per heavy atom. The molecule has 2 aromatic carbocycles. The van der Waals surface area contributed by atoms with E-state index in [9.17, 15) is 4.79 Å². The molecule has 116 valence electrons. The minimum atomic E-state index is -0.211. The second-order valence-electron chi connectivity index (χ2n) is 4.97. The zero-order chi connectivity index (χ0) is 15.9. The van der Waals surface area contributed by atoms with E-state index in [1.807, 2.05) is 37.3 Å². The lowest BCUT2D eigenvalue weighted by Gasteiger charge is -2.10. The Morgan fingerprint density at radius 2 is 2.05 bits per heavy atom. The Bertz CT molecular complexity index is 656. The molecule has 0 aliphatic carbocycles. The van der Waals surface area contributed by atoms with Gasteiger partial charge in [-0.3, -0.25) is 4.79 Å². The first-order valence-electron chi connectivity index (χ1n) is 6.95. The highest BCUT2D eigenvalue weighted by Crippen LogP contribution is 2.18. The minimum Gasteiger partial charge on any atom is -0.497 e. The zero-order valence-corrected chi connectivity index (χ0v) is 12.8. The number of nitrogens with one attached hydrogen (secondary N) is 1. The van der Waals surface area contributed by atoms with E-state index in [2.05, 4.69) is 5.32 Å². The highest BCUT2D eigenvalue weighted by molar-refractivity contribution is 5.92. The third-order valence-corrected chi connectivity index (χ3v) is 3.17. The Labute approximate surface area is 130 Å². The summed E-state index contributed by atoms with van der Waals surface area (Å²) in [5.74, 6) is 0.553. The molecule has 0 aromatic heterocycles. The summed E-state index contributed by atoms with van der Waals surface area (Å²) in [4.78, 5) is 11.9. The van der Waals surface area contributed by atoms with E-state index in [0.717, 1.165) is 16.9 Å². The maximum Gasteiger partial charge on any atom is 0.250 e. The van der Waals surface area contributed by atoms with Crippen LogP contribution in [0.1, 0.15) is 11.1 Å². The molecule has 0 spiro atoms. The van der Waals surface area contributed by atoms with Gasteiger partial charge in [0.2, 0.25) is 5.91 Å². The molecule has 2 aromatic rings. The van der Waals surface area contributed by atoms with Gasteiger partial charge in [-0.2, -0.15) is 0 Å². The maximum atomic E-state index is 11.9. The molecule has 0 fully saturated rings. The monoisotopic (exact) mass is 300 g/mol. The summed E-state index contributed by atoms with van der Waals surface area (Å²) in [6.45, 7) is 2.23. The fourth-order valence-corrected chi connectivity index (χ4v) is 1.98. The van der Waals surface area contributed by atoms with Crippen molar-refractivity contribution in [3.63, 3.8) is 0 Å². The van der Waals surface area contributed by atoms with E-state index in [0.29, 0.717) is 18.0 Å². The molecule has 3 N–H and O–H groups in total. The molecular formula is C17H20N2O3. The Hall–Kier alpha value is -2.53. The maximum absolute atomic E-state index is 11.9. The lowest BCUT2D eigenvalue weighted by Crippen LogP contribution is -2.18. The van der Waals surface area contributed by atoms with E-state index in [4.69, 9.17) is 15.2 Å². The Morgan fingerprint density at radius 1 is 1.23 bits per heavy atom. The number of nitrogen functional groups attached to an aromatic ring is 1. The predicted molar refractivity (Wildman–Crippen MR) is 86.9 cm³/mol. The summed E-state index contributed by atoms with van der Waals surface area (Å²) >= 11 is 0. The van der Waals surface area contributed by atoms with Gasteiger partial charge in [0.1, 0.15) is 12.4 Å². The number of carbonyl (C=O) groups is 1. The molecule has 2 rings (SSSR count). The number of rotatable bonds is 6. The molecule has 5 heteroatoms. The average Bonchev–Trinajstić information content (AvgIpc) is 2.51. The van der Waals surface area contributed by atoms with Gasteiger partial charge in [0.25, 0.3) is 0 Å². The zero-order valence-electron chi connectivity index (χ0n) is 12.8. The van der Waals surface area contributed by atoms with Crippen molar-refractivity contribution in [1.29, 1.82) is 0 Å². The number of nitrogens with two attached hydrogens (primary N) is 1. The summed E-state index contributed by atoms with van der Waals surface area (Å²) < 4.78 is 10.6. The summed E-state index contributed by atoms with van der Waals surface area (Å²) in [5.41, 5.74) is 8.93. The number of ether oxygens (including phenoxy) is 2. The quantitative estimate of drug-likeness (QED) is 0.805. The largest absolute Gasteiger partial charge is 0.497 e. The van der Waals surface area contributed by atoms with Crippen molar-refractivity contribution in [2.24, 2.45) is 0 Å². The van der Waals surface area contributed by atoms with E-state index in [1.54, 1.807) is 19.2 Å². The van der Waals surface area contributed by atoms with Crippen LogP contribution in [0.25, 0.3) is 0 Å². The van der Waals surface area contributed by atoms with Crippen LogP contribution in [0.3, 0.4) is 0 Å². The average molecular weight is 300 g/mol. The molecule has 22 heavy (non-hydrogen) atoms. The van der Waals surface area contributed by atoms with Crippen molar-refractivity contribution in [3.8, 4) is 5.75 Å². The number of anilines is 2. The molecule has 0 heterocycles. The van der Waals surface area contributed by atoms with Crippen LogP contribution in [-0.4, -0.2) is 19.6 Å². The number of carbonyl (C=O) groups excluding carboxylic acids is 1. The van der Waals surface area contributed by atoms with Gasteiger partial charge >= 0.3 is 0 Å². The molecule has 1 amide bonds. The second-order valence-corrected chi connectivity index (χ2v) is 4.97. The number of aryl methyl sites for hydroxylation is 1. The van der Waals surface area contributed by atoms with Crippen molar-refractivity contribution >= 4 is 17.3 Å². The molecule has 0 unspecified atom stereocenters. The van der Waals surface area contributed by atoms with Gasteiger partial charge in [-0.15, -0.1) is 0 Å². The second kappa shape index (κ2) is 7.47. The van der Waals surface area contributed by atoms with Crippen molar-refractivity contribution in [2.45, 2.75) is 13.5 Å². The van der Waals surface area contributed by atoms with Crippen molar-refractivity contribution in [2.75, 3.05) is 24.8 Å². The topological polar surface area (TPSA) is 73.6 Å². The number of methoxy groups -OCH3 is 1. The summed E-state index contributed by atoms with van der Waals surface area (Å²) in [7, 11) is 1.61. The summed E-state index contributed by atoms with van der Waals surface area (Å²) in [6.07, 6.45) is 0. The van der Waals surface area contributed by atoms with Gasteiger partial charge in [-0.1, -0.05) is 18.2 Å². The molecule has 0 bridgehead atoms.